The molecule has 6 atom stereocenters. The molecule has 3 heterocycles. The molecule has 3 saturated heterocycles. The van der Waals surface area contributed by atoms with Gasteiger partial charge in [-0.25, -0.2) is 0 Å². The number of rotatable bonds is 4. The number of epoxide rings is 2. The average Bonchev–Trinajstić information content (AvgIpc) is 3.45. The first-order valence-electron chi connectivity index (χ1n) is 9.78. The van der Waals surface area contributed by atoms with Crippen LogP contribution in [0.15, 0.2) is 24.3 Å². The van der Waals surface area contributed by atoms with Gasteiger partial charge in [0, 0.05) is 12.8 Å². The second-order valence-corrected chi connectivity index (χ2v) is 8.73. The Morgan fingerprint density at radius 2 is 2.00 bits per heavy atom. The van der Waals surface area contributed by atoms with Crippen molar-refractivity contribution in [2.45, 2.75) is 76.0 Å². The Kier molecular flexibility index (Phi) is 4.47. The number of cyclic esters (lactones) is 1. The predicted octanol–water partition coefficient (Wildman–Crippen LogP) is 2.71. The minimum absolute atomic E-state index is 0.0150. The molecular weight excluding hydrogens is 348 g/mol. The Balaban J connectivity index is 1.64. The van der Waals surface area contributed by atoms with Gasteiger partial charge in [0.15, 0.2) is 5.60 Å². The third-order valence-corrected chi connectivity index (χ3v) is 6.33. The van der Waals surface area contributed by atoms with Gasteiger partial charge in [0.2, 0.25) is 0 Å². The van der Waals surface area contributed by atoms with E-state index in [9.17, 15) is 9.59 Å². The van der Waals surface area contributed by atoms with E-state index in [1.54, 1.807) is 0 Å². The lowest BCUT2D eigenvalue weighted by Gasteiger charge is -2.31. The molecule has 0 N–H and O–H groups in total. The Morgan fingerprint density at radius 3 is 2.67 bits per heavy atom. The topological polar surface area (TPSA) is 77.7 Å². The summed E-state index contributed by atoms with van der Waals surface area (Å²) in [5.74, 6) is -1.15. The van der Waals surface area contributed by atoms with Crippen LogP contribution in [0.5, 0.6) is 0 Å². The maximum atomic E-state index is 12.8. The van der Waals surface area contributed by atoms with Gasteiger partial charge < -0.3 is 18.9 Å². The minimum atomic E-state index is -0.979. The molecule has 0 aromatic rings. The normalized spacial score (nSPS) is 42.4. The van der Waals surface area contributed by atoms with Crippen molar-refractivity contribution >= 4 is 11.9 Å². The number of esters is 2. The Morgan fingerprint density at radius 1 is 1.30 bits per heavy atom. The smallest absolute Gasteiger partial charge is 0.314 e. The number of hydrogen-bond acceptors (Lipinski definition) is 6. The first kappa shape index (κ1) is 18.7. The third kappa shape index (κ3) is 3.57. The quantitative estimate of drug-likeness (QED) is 0.426. The highest BCUT2D eigenvalue weighted by molar-refractivity contribution is 5.80. The number of carbonyl (C=O) groups is 2. The summed E-state index contributed by atoms with van der Waals surface area (Å²) in [6.07, 6.45) is 7.62. The molecule has 4 aliphatic rings. The summed E-state index contributed by atoms with van der Waals surface area (Å²) in [5.41, 5.74) is -0.298. The molecule has 148 valence electrons. The molecule has 0 radical (unpaired) electrons. The molecule has 6 heteroatoms. The number of hydrogen-bond donors (Lipinski definition) is 0. The van der Waals surface area contributed by atoms with Gasteiger partial charge in [-0.3, -0.25) is 9.59 Å². The molecule has 1 aliphatic carbocycles. The molecule has 0 amide bonds. The van der Waals surface area contributed by atoms with Gasteiger partial charge >= 0.3 is 11.9 Å². The standard InChI is InChI=1S/C21H28O6/c1-12-5-7-15-16(25-15)8-6-14-18(12)19(23)27-21(14,11-24-13(2)22)10-9-17-20(3,4)26-17/h9-10,14-18H,1,5-8,11H2,2-4H3/b10-9+/t14-,15-,16-,17?,18-,21-/m0/s1. The third-order valence-electron chi connectivity index (χ3n) is 6.33. The lowest BCUT2D eigenvalue weighted by molar-refractivity contribution is -0.159. The fraction of sp³-hybridized carbons (Fsp3) is 0.714. The first-order chi connectivity index (χ1) is 12.7. The maximum Gasteiger partial charge on any atom is 0.314 e. The van der Waals surface area contributed by atoms with Gasteiger partial charge in [0.1, 0.15) is 12.7 Å². The van der Waals surface area contributed by atoms with Crippen molar-refractivity contribution in [3.8, 4) is 0 Å². The molecule has 0 spiro atoms. The first-order valence-corrected chi connectivity index (χ1v) is 9.78. The summed E-state index contributed by atoms with van der Waals surface area (Å²) in [7, 11) is 0. The average molecular weight is 376 g/mol. The lowest BCUT2D eigenvalue weighted by Crippen LogP contribution is -2.41. The highest BCUT2D eigenvalue weighted by atomic mass is 16.6. The van der Waals surface area contributed by atoms with Crippen LogP contribution in [-0.4, -0.2) is 48.1 Å². The van der Waals surface area contributed by atoms with E-state index in [2.05, 4.69) is 6.58 Å². The van der Waals surface area contributed by atoms with Crippen LogP contribution in [0.4, 0.5) is 0 Å². The summed E-state index contributed by atoms with van der Waals surface area (Å²) >= 11 is 0. The minimum Gasteiger partial charge on any atom is -0.461 e. The highest BCUT2D eigenvalue weighted by Gasteiger charge is 2.57. The van der Waals surface area contributed by atoms with Gasteiger partial charge in [0.25, 0.3) is 0 Å². The van der Waals surface area contributed by atoms with Crippen LogP contribution in [0.2, 0.25) is 0 Å². The van der Waals surface area contributed by atoms with E-state index in [4.69, 9.17) is 18.9 Å². The summed E-state index contributed by atoms with van der Waals surface area (Å²) in [4.78, 5) is 24.3. The molecule has 4 rings (SSSR count). The van der Waals surface area contributed by atoms with Crippen LogP contribution in [-0.2, 0) is 28.5 Å². The lowest BCUT2D eigenvalue weighted by atomic mass is 9.74. The fourth-order valence-electron chi connectivity index (χ4n) is 4.52. The Hall–Kier alpha value is -1.66. The maximum absolute atomic E-state index is 12.8. The van der Waals surface area contributed by atoms with Gasteiger partial charge in [-0.1, -0.05) is 18.2 Å². The number of carbonyl (C=O) groups excluding carboxylic acids is 2. The molecule has 0 bridgehead atoms. The Bertz CT molecular complexity index is 695. The van der Waals surface area contributed by atoms with Crippen LogP contribution in [0, 0.1) is 11.8 Å². The molecule has 4 fully saturated rings. The molecule has 0 aromatic heterocycles. The van der Waals surface area contributed by atoms with E-state index < -0.39 is 11.6 Å². The highest BCUT2D eigenvalue weighted by Crippen LogP contribution is 2.49. The SMILES string of the molecule is C=C1CC[C@@H]2O[C@H]2CC[C@H]2[C@H]1C(=O)O[C@@]2(/C=C/C1OC1(C)C)COC(C)=O. The van der Waals surface area contributed by atoms with Crippen LogP contribution in [0.3, 0.4) is 0 Å². The summed E-state index contributed by atoms with van der Waals surface area (Å²) in [6.45, 7) is 9.58. The second kappa shape index (κ2) is 6.45. The predicted molar refractivity (Wildman–Crippen MR) is 96.8 cm³/mol. The molecule has 1 unspecified atom stereocenters. The van der Waals surface area contributed by atoms with Crippen LogP contribution < -0.4 is 0 Å². The molecule has 6 nitrogen and oxygen atoms in total. The van der Waals surface area contributed by atoms with E-state index in [0.717, 1.165) is 31.3 Å². The van der Waals surface area contributed by atoms with E-state index in [-0.39, 0.29) is 48.3 Å². The van der Waals surface area contributed by atoms with Crippen molar-refractivity contribution in [3.63, 3.8) is 0 Å². The van der Waals surface area contributed by atoms with E-state index in [1.807, 2.05) is 26.0 Å². The molecule has 27 heavy (non-hydrogen) atoms. The van der Waals surface area contributed by atoms with Gasteiger partial charge in [-0.05, 0) is 45.6 Å². The van der Waals surface area contributed by atoms with Crippen molar-refractivity contribution < 1.29 is 28.5 Å². The van der Waals surface area contributed by atoms with Crippen molar-refractivity contribution in [1.82, 2.24) is 0 Å². The van der Waals surface area contributed by atoms with Crippen LogP contribution in [0.1, 0.15) is 46.5 Å². The molecule has 0 aromatic carbocycles. The fourth-order valence-corrected chi connectivity index (χ4v) is 4.52. The molecule has 1 saturated carbocycles. The second-order valence-electron chi connectivity index (χ2n) is 8.73. The molecular formula is C21H28O6. The van der Waals surface area contributed by atoms with E-state index >= 15 is 0 Å². The number of fused-ring (bicyclic) bond motifs is 2. The molecule has 3 aliphatic heterocycles. The Labute approximate surface area is 159 Å². The summed E-state index contributed by atoms with van der Waals surface area (Å²) in [6, 6.07) is 0. The summed E-state index contributed by atoms with van der Waals surface area (Å²) < 4.78 is 22.6. The largest absolute Gasteiger partial charge is 0.461 e. The van der Waals surface area contributed by atoms with Gasteiger partial charge in [-0.2, -0.15) is 0 Å². The zero-order valence-electron chi connectivity index (χ0n) is 16.2. The summed E-state index contributed by atoms with van der Waals surface area (Å²) in [5, 5.41) is 0. The van der Waals surface area contributed by atoms with Gasteiger partial charge in [-0.15, -0.1) is 0 Å². The zero-order valence-corrected chi connectivity index (χ0v) is 16.2. The van der Waals surface area contributed by atoms with Crippen molar-refractivity contribution in [2.24, 2.45) is 11.8 Å². The number of ether oxygens (including phenoxy) is 4. The van der Waals surface area contributed by atoms with Crippen molar-refractivity contribution in [1.29, 1.82) is 0 Å². The van der Waals surface area contributed by atoms with Crippen molar-refractivity contribution in [3.05, 3.63) is 24.3 Å². The monoisotopic (exact) mass is 376 g/mol. The van der Waals surface area contributed by atoms with Crippen LogP contribution >= 0.6 is 0 Å². The zero-order chi connectivity index (χ0) is 19.4. The van der Waals surface area contributed by atoms with E-state index in [0.29, 0.717) is 0 Å². The van der Waals surface area contributed by atoms with Gasteiger partial charge in [0.05, 0.1) is 23.7 Å². The van der Waals surface area contributed by atoms with E-state index in [1.165, 1.54) is 6.92 Å². The van der Waals surface area contributed by atoms with Crippen molar-refractivity contribution in [2.75, 3.05) is 6.61 Å². The van der Waals surface area contributed by atoms with Crippen LogP contribution in [0.25, 0.3) is 0 Å².